The smallest absolute Gasteiger partial charge is 0.246 e. The molecular formula is C15H17N3O2. The lowest BCUT2D eigenvalue weighted by atomic mass is 10.2. The van der Waals surface area contributed by atoms with Gasteiger partial charge in [0, 0.05) is 11.6 Å². The fraction of sp³-hybridized carbons (Fsp3) is 0.333. The Balaban J connectivity index is 1.97. The largest absolute Gasteiger partial charge is 0.490 e. The molecule has 3 aromatic rings. The molecule has 0 amide bonds. The molecule has 0 N–H and O–H groups in total. The Morgan fingerprint density at radius 3 is 2.85 bits per heavy atom. The van der Waals surface area contributed by atoms with Crippen LogP contribution in [0.3, 0.4) is 0 Å². The first-order valence-corrected chi connectivity index (χ1v) is 6.67. The predicted molar refractivity (Wildman–Crippen MR) is 75.8 cm³/mol. The van der Waals surface area contributed by atoms with Gasteiger partial charge in [0.05, 0.1) is 11.6 Å². The number of hydrogen-bond donors (Lipinski definition) is 0. The molecule has 5 nitrogen and oxygen atoms in total. The predicted octanol–water partition coefficient (Wildman–Crippen LogP) is 3.17. The quantitative estimate of drug-likeness (QED) is 0.731. The molecule has 0 saturated carbocycles. The fourth-order valence-electron chi connectivity index (χ4n) is 2.24. The Morgan fingerprint density at radius 1 is 1.30 bits per heavy atom. The van der Waals surface area contributed by atoms with E-state index in [2.05, 4.69) is 26.8 Å². The second kappa shape index (κ2) is 5.00. The summed E-state index contributed by atoms with van der Waals surface area (Å²) in [5, 5.41) is 4.90. The van der Waals surface area contributed by atoms with E-state index in [-0.39, 0.29) is 6.10 Å². The molecule has 0 atom stereocenters. The maximum absolute atomic E-state index is 5.83. The molecule has 0 saturated heterocycles. The second-order valence-corrected chi connectivity index (χ2v) is 5.03. The summed E-state index contributed by atoms with van der Waals surface area (Å²) < 4.78 is 13.1. The van der Waals surface area contributed by atoms with Crippen LogP contribution in [0.1, 0.15) is 25.6 Å². The third-order valence-electron chi connectivity index (χ3n) is 3.01. The van der Waals surface area contributed by atoms with Gasteiger partial charge in [-0.25, -0.2) is 0 Å². The molecule has 2 heterocycles. The summed E-state index contributed by atoms with van der Waals surface area (Å²) in [6.07, 6.45) is 2.17. The Bertz CT molecular complexity index is 728. The lowest BCUT2D eigenvalue weighted by Gasteiger charge is -2.11. The minimum absolute atomic E-state index is 0.155. The number of benzene rings is 1. The van der Waals surface area contributed by atoms with Gasteiger partial charge in [-0.05, 0) is 39.0 Å². The molecule has 0 unspecified atom stereocenters. The van der Waals surface area contributed by atoms with Crippen LogP contribution in [0, 0.1) is 6.92 Å². The summed E-state index contributed by atoms with van der Waals surface area (Å²) in [6, 6.07) is 8.10. The van der Waals surface area contributed by atoms with Crippen LogP contribution in [-0.4, -0.2) is 20.8 Å². The van der Waals surface area contributed by atoms with Crippen LogP contribution < -0.4 is 4.74 Å². The summed E-state index contributed by atoms with van der Waals surface area (Å²) in [6.45, 7) is 6.43. The van der Waals surface area contributed by atoms with Gasteiger partial charge in [0.25, 0.3) is 0 Å². The second-order valence-electron chi connectivity index (χ2n) is 5.03. The van der Waals surface area contributed by atoms with E-state index >= 15 is 0 Å². The van der Waals surface area contributed by atoms with Crippen LogP contribution in [0.15, 0.2) is 35.0 Å². The number of fused-ring (bicyclic) bond motifs is 1. The summed E-state index contributed by atoms with van der Waals surface area (Å²) in [4.78, 5) is 4.23. The van der Waals surface area contributed by atoms with Gasteiger partial charge >= 0.3 is 0 Å². The summed E-state index contributed by atoms with van der Waals surface area (Å²) in [5.74, 6) is 2.16. The Kier molecular flexibility index (Phi) is 3.18. The third-order valence-corrected chi connectivity index (χ3v) is 3.01. The van der Waals surface area contributed by atoms with Gasteiger partial charge < -0.3 is 13.8 Å². The maximum atomic E-state index is 5.83. The van der Waals surface area contributed by atoms with Gasteiger partial charge in [-0.3, -0.25) is 0 Å². The zero-order chi connectivity index (χ0) is 14.1. The van der Waals surface area contributed by atoms with Gasteiger partial charge in [0.15, 0.2) is 5.82 Å². The summed E-state index contributed by atoms with van der Waals surface area (Å²) in [7, 11) is 0. The normalized spacial score (nSPS) is 11.4. The van der Waals surface area contributed by atoms with Crippen LogP contribution in [0.25, 0.3) is 10.9 Å². The molecule has 1 aromatic carbocycles. The van der Waals surface area contributed by atoms with Crippen molar-refractivity contribution in [1.29, 1.82) is 0 Å². The van der Waals surface area contributed by atoms with E-state index in [1.165, 1.54) is 0 Å². The van der Waals surface area contributed by atoms with Crippen molar-refractivity contribution in [2.75, 3.05) is 0 Å². The van der Waals surface area contributed by atoms with Crippen molar-refractivity contribution >= 4 is 10.9 Å². The lowest BCUT2D eigenvalue weighted by molar-refractivity contribution is 0.245. The highest BCUT2D eigenvalue weighted by molar-refractivity contribution is 5.86. The van der Waals surface area contributed by atoms with Crippen molar-refractivity contribution in [3.05, 3.63) is 42.2 Å². The molecule has 2 aromatic heterocycles. The van der Waals surface area contributed by atoms with E-state index in [1.54, 1.807) is 0 Å². The van der Waals surface area contributed by atoms with Crippen molar-refractivity contribution in [3.8, 4) is 5.75 Å². The van der Waals surface area contributed by atoms with E-state index in [9.17, 15) is 0 Å². The van der Waals surface area contributed by atoms with Crippen LogP contribution in [-0.2, 0) is 6.54 Å². The van der Waals surface area contributed by atoms with Gasteiger partial charge in [-0.15, -0.1) is 0 Å². The molecule has 3 rings (SSSR count). The van der Waals surface area contributed by atoms with Gasteiger partial charge in [-0.2, -0.15) is 4.98 Å². The van der Waals surface area contributed by atoms with Crippen molar-refractivity contribution < 1.29 is 9.26 Å². The molecule has 0 fully saturated rings. The molecule has 0 aliphatic carbocycles. The monoisotopic (exact) mass is 271 g/mol. The van der Waals surface area contributed by atoms with Crippen LogP contribution in [0.2, 0.25) is 0 Å². The van der Waals surface area contributed by atoms with Gasteiger partial charge in [0.1, 0.15) is 12.3 Å². The van der Waals surface area contributed by atoms with E-state index in [4.69, 9.17) is 9.26 Å². The van der Waals surface area contributed by atoms with Crippen molar-refractivity contribution in [3.63, 3.8) is 0 Å². The number of nitrogens with zero attached hydrogens (tertiary/aromatic N) is 3. The number of ether oxygens (including phenoxy) is 1. The first kappa shape index (κ1) is 12.7. The first-order valence-electron chi connectivity index (χ1n) is 6.67. The number of aryl methyl sites for hydroxylation is 1. The molecular weight excluding hydrogens is 254 g/mol. The lowest BCUT2D eigenvalue weighted by Crippen LogP contribution is -2.05. The van der Waals surface area contributed by atoms with Crippen LogP contribution in [0.4, 0.5) is 0 Å². The highest BCUT2D eigenvalue weighted by atomic mass is 16.5. The molecule has 5 heteroatoms. The molecule has 104 valence electrons. The van der Waals surface area contributed by atoms with E-state index in [0.717, 1.165) is 16.7 Å². The molecule has 0 bridgehead atoms. The van der Waals surface area contributed by atoms with E-state index < -0.39 is 0 Å². The van der Waals surface area contributed by atoms with E-state index in [0.29, 0.717) is 18.3 Å². The third kappa shape index (κ3) is 2.39. The zero-order valence-corrected chi connectivity index (χ0v) is 11.8. The number of aromatic nitrogens is 3. The van der Waals surface area contributed by atoms with Crippen molar-refractivity contribution in [2.45, 2.75) is 33.4 Å². The van der Waals surface area contributed by atoms with Crippen molar-refractivity contribution in [2.24, 2.45) is 0 Å². The summed E-state index contributed by atoms with van der Waals surface area (Å²) in [5.41, 5.74) is 1.10. The molecule has 20 heavy (non-hydrogen) atoms. The first-order chi connectivity index (χ1) is 9.63. The number of hydrogen-bond acceptors (Lipinski definition) is 4. The minimum atomic E-state index is 0.155. The Labute approximate surface area is 117 Å². The number of rotatable bonds is 4. The molecule has 0 radical (unpaired) electrons. The maximum Gasteiger partial charge on any atom is 0.246 e. The fourth-order valence-corrected chi connectivity index (χ4v) is 2.24. The standard InChI is InChI=1S/C15H17N3O2/c1-10(2)19-14-6-4-5-13-12(14)7-8-18(13)9-15-16-11(3)17-20-15/h4-8,10H,9H2,1-3H3. The highest BCUT2D eigenvalue weighted by Gasteiger charge is 2.10. The van der Waals surface area contributed by atoms with E-state index in [1.807, 2.05) is 39.1 Å². The minimum Gasteiger partial charge on any atom is -0.490 e. The Morgan fingerprint density at radius 2 is 2.15 bits per heavy atom. The highest BCUT2D eigenvalue weighted by Crippen LogP contribution is 2.27. The Hall–Kier alpha value is -2.30. The average molecular weight is 271 g/mol. The zero-order valence-electron chi connectivity index (χ0n) is 11.8. The van der Waals surface area contributed by atoms with Crippen LogP contribution in [0.5, 0.6) is 5.75 Å². The average Bonchev–Trinajstić information content (AvgIpc) is 2.97. The SMILES string of the molecule is Cc1noc(Cn2ccc3c(OC(C)C)cccc32)n1. The topological polar surface area (TPSA) is 53.1 Å². The summed E-state index contributed by atoms with van der Waals surface area (Å²) >= 11 is 0. The van der Waals surface area contributed by atoms with Crippen molar-refractivity contribution in [1.82, 2.24) is 14.7 Å². The molecule has 0 spiro atoms. The van der Waals surface area contributed by atoms with Gasteiger partial charge in [-0.1, -0.05) is 11.2 Å². The van der Waals surface area contributed by atoms with Gasteiger partial charge in [0.2, 0.25) is 5.89 Å². The molecule has 0 aliphatic heterocycles. The van der Waals surface area contributed by atoms with Crippen LogP contribution >= 0.6 is 0 Å². The molecule has 0 aliphatic rings.